The van der Waals surface area contributed by atoms with Crippen molar-refractivity contribution < 1.29 is 0 Å². The number of fused-ring (bicyclic) bond motifs is 1. The summed E-state index contributed by atoms with van der Waals surface area (Å²) in [5, 5.41) is 8.43. The van der Waals surface area contributed by atoms with E-state index in [2.05, 4.69) is 22.3 Å². The van der Waals surface area contributed by atoms with Gasteiger partial charge in [0.05, 0.1) is 6.54 Å². The molecule has 3 heterocycles. The molecule has 3 aromatic heterocycles. The first-order valence-electron chi connectivity index (χ1n) is 6.50. The lowest BCUT2D eigenvalue weighted by atomic mass is 10.5. The fraction of sp³-hybridized carbons (Fsp3) is 0.308. The van der Waals surface area contributed by atoms with Gasteiger partial charge in [-0.15, -0.1) is 16.4 Å². The van der Waals surface area contributed by atoms with Crippen LogP contribution in [0.15, 0.2) is 35.4 Å². The molecule has 7 heteroatoms. The second kappa shape index (κ2) is 5.46. The maximum absolute atomic E-state index is 12.1. The second-order valence-corrected chi connectivity index (χ2v) is 5.54. The summed E-state index contributed by atoms with van der Waals surface area (Å²) in [6, 6.07) is 5.50. The van der Waals surface area contributed by atoms with Crippen molar-refractivity contribution in [2.24, 2.45) is 0 Å². The highest BCUT2D eigenvalue weighted by atomic mass is 32.1. The summed E-state index contributed by atoms with van der Waals surface area (Å²) in [6.07, 6.45) is 4.57. The Hall–Kier alpha value is -2.15. The zero-order valence-corrected chi connectivity index (χ0v) is 11.9. The second-order valence-electron chi connectivity index (χ2n) is 4.43. The summed E-state index contributed by atoms with van der Waals surface area (Å²) >= 11 is 1.56. The fourth-order valence-corrected chi connectivity index (χ4v) is 2.73. The maximum Gasteiger partial charge on any atom is 0.350 e. The van der Waals surface area contributed by atoms with Crippen LogP contribution in [0.5, 0.6) is 0 Å². The SMILES string of the molecule is CCCNc1ncc(Cn2nc3ccccn3c2=O)s1. The molecule has 0 saturated heterocycles. The van der Waals surface area contributed by atoms with Crippen LogP contribution in [-0.2, 0) is 6.54 Å². The molecule has 0 bridgehead atoms. The lowest BCUT2D eigenvalue weighted by Gasteiger charge is -1.97. The molecule has 3 aromatic rings. The van der Waals surface area contributed by atoms with E-state index in [-0.39, 0.29) is 5.69 Å². The number of anilines is 1. The monoisotopic (exact) mass is 289 g/mol. The molecule has 104 valence electrons. The molecule has 0 aliphatic carbocycles. The standard InChI is InChI=1S/C13H15N5OS/c1-2-6-14-12-15-8-10(20-12)9-18-13(19)17-7-4-3-5-11(17)16-18/h3-5,7-8H,2,6,9H2,1H3,(H,14,15). The van der Waals surface area contributed by atoms with Gasteiger partial charge < -0.3 is 5.32 Å². The van der Waals surface area contributed by atoms with Crippen molar-refractivity contribution >= 4 is 22.1 Å². The quantitative estimate of drug-likeness (QED) is 0.778. The topological polar surface area (TPSA) is 64.2 Å². The van der Waals surface area contributed by atoms with Crippen molar-refractivity contribution in [2.75, 3.05) is 11.9 Å². The van der Waals surface area contributed by atoms with Crippen LogP contribution in [0.25, 0.3) is 5.65 Å². The highest BCUT2D eigenvalue weighted by Gasteiger charge is 2.08. The van der Waals surface area contributed by atoms with E-state index in [0.29, 0.717) is 12.2 Å². The number of rotatable bonds is 5. The summed E-state index contributed by atoms with van der Waals surface area (Å²) in [5.41, 5.74) is 0.531. The van der Waals surface area contributed by atoms with Gasteiger partial charge in [0.25, 0.3) is 0 Å². The maximum atomic E-state index is 12.1. The molecule has 0 radical (unpaired) electrons. The minimum Gasteiger partial charge on any atom is -0.362 e. The van der Waals surface area contributed by atoms with Crippen LogP contribution < -0.4 is 11.0 Å². The van der Waals surface area contributed by atoms with Crippen LogP contribution in [0.3, 0.4) is 0 Å². The number of nitrogens with one attached hydrogen (secondary N) is 1. The zero-order chi connectivity index (χ0) is 13.9. The molecular weight excluding hydrogens is 274 g/mol. The van der Waals surface area contributed by atoms with Gasteiger partial charge in [-0.3, -0.25) is 4.40 Å². The molecule has 0 saturated carbocycles. The Morgan fingerprint density at radius 2 is 2.30 bits per heavy atom. The van der Waals surface area contributed by atoms with E-state index < -0.39 is 0 Å². The van der Waals surface area contributed by atoms with E-state index in [4.69, 9.17) is 0 Å². The highest BCUT2D eigenvalue weighted by molar-refractivity contribution is 7.15. The Labute approximate surface area is 119 Å². The van der Waals surface area contributed by atoms with E-state index in [1.54, 1.807) is 23.7 Å². The third-order valence-corrected chi connectivity index (χ3v) is 3.81. The summed E-state index contributed by atoms with van der Waals surface area (Å²) < 4.78 is 3.00. The van der Waals surface area contributed by atoms with E-state index in [9.17, 15) is 4.79 Å². The first kappa shape index (κ1) is 12.9. The van der Waals surface area contributed by atoms with Crippen LogP contribution in [0.4, 0.5) is 5.13 Å². The molecule has 0 spiro atoms. The van der Waals surface area contributed by atoms with Gasteiger partial charge in [-0.2, -0.15) is 0 Å². The summed E-state index contributed by atoms with van der Waals surface area (Å²) in [4.78, 5) is 17.4. The van der Waals surface area contributed by atoms with Crippen molar-refractivity contribution in [3.8, 4) is 0 Å². The molecule has 20 heavy (non-hydrogen) atoms. The summed E-state index contributed by atoms with van der Waals surface area (Å²) in [6.45, 7) is 3.46. The summed E-state index contributed by atoms with van der Waals surface area (Å²) in [7, 11) is 0. The predicted octanol–water partition coefficient (Wildman–Crippen LogP) is 1.82. The van der Waals surface area contributed by atoms with Gasteiger partial charge in [0.15, 0.2) is 10.8 Å². The third kappa shape index (κ3) is 2.44. The van der Waals surface area contributed by atoms with Crippen molar-refractivity contribution in [3.05, 3.63) is 46.0 Å². The Balaban J connectivity index is 1.84. The molecule has 0 aromatic carbocycles. The number of hydrogen-bond donors (Lipinski definition) is 1. The molecule has 1 N–H and O–H groups in total. The average molecular weight is 289 g/mol. The molecule has 0 atom stereocenters. The molecule has 3 rings (SSSR count). The van der Waals surface area contributed by atoms with Gasteiger partial charge in [0.2, 0.25) is 0 Å². The van der Waals surface area contributed by atoms with E-state index in [1.165, 1.54) is 9.08 Å². The number of aromatic nitrogens is 4. The van der Waals surface area contributed by atoms with Crippen LogP contribution in [0.2, 0.25) is 0 Å². The predicted molar refractivity (Wildman–Crippen MR) is 79.4 cm³/mol. The van der Waals surface area contributed by atoms with Gasteiger partial charge >= 0.3 is 5.69 Å². The Morgan fingerprint density at radius 1 is 1.40 bits per heavy atom. The van der Waals surface area contributed by atoms with Crippen LogP contribution in [-0.4, -0.2) is 25.7 Å². The first-order valence-corrected chi connectivity index (χ1v) is 7.32. The average Bonchev–Trinajstić information content (AvgIpc) is 3.03. The largest absolute Gasteiger partial charge is 0.362 e. The van der Waals surface area contributed by atoms with Crippen molar-refractivity contribution in [1.29, 1.82) is 0 Å². The van der Waals surface area contributed by atoms with E-state index >= 15 is 0 Å². The number of thiazole rings is 1. The van der Waals surface area contributed by atoms with Gasteiger partial charge in [-0.05, 0) is 18.6 Å². The molecule has 0 unspecified atom stereocenters. The number of nitrogens with zero attached hydrogens (tertiary/aromatic N) is 4. The fourth-order valence-electron chi connectivity index (χ4n) is 1.91. The van der Waals surface area contributed by atoms with Crippen molar-refractivity contribution in [2.45, 2.75) is 19.9 Å². The molecule has 0 aliphatic rings. The highest BCUT2D eigenvalue weighted by Crippen LogP contribution is 2.18. The third-order valence-electron chi connectivity index (χ3n) is 2.87. The van der Waals surface area contributed by atoms with Crippen LogP contribution in [0.1, 0.15) is 18.2 Å². The number of hydrogen-bond acceptors (Lipinski definition) is 5. The van der Waals surface area contributed by atoms with Gasteiger partial charge in [0.1, 0.15) is 0 Å². The summed E-state index contributed by atoms with van der Waals surface area (Å²) in [5.74, 6) is 0. The normalized spacial score (nSPS) is 11.1. The molecule has 0 fully saturated rings. The molecule has 0 amide bonds. The van der Waals surface area contributed by atoms with Gasteiger partial charge in [0, 0.05) is 23.8 Å². The van der Waals surface area contributed by atoms with Crippen molar-refractivity contribution in [1.82, 2.24) is 19.2 Å². The van der Waals surface area contributed by atoms with E-state index in [1.807, 2.05) is 18.2 Å². The van der Waals surface area contributed by atoms with Gasteiger partial charge in [-0.25, -0.2) is 14.5 Å². The van der Waals surface area contributed by atoms with Gasteiger partial charge in [-0.1, -0.05) is 13.0 Å². The Morgan fingerprint density at radius 3 is 3.10 bits per heavy atom. The Kier molecular flexibility index (Phi) is 3.51. The van der Waals surface area contributed by atoms with Crippen LogP contribution in [0, 0.1) is 0 Å². The molecule has 6 nitrogen and oxygen atoms in total. The zero-order valence-electron chi connectivity index (χ0n) is 11.1. The van der Waals surface area contributed by atoms with Crippen molar-refractivity contribution in [3.63, 3.8) is 0 Å². The lowest BCUT2D eigenvalue weighted by molar-refractivity contribution is 0.665. The molecule has 0 aliphatic heterocycles. The first-order chi connectivity index (χ1) is 9.78. The molecular formula is C13H15N5OS. The number of pyridine rings is 1. The minimum absolute atomic E-state index is 0.128. The lowest BCUT2D eigenvalue weighted by Crippen LogP contribution is -2.21. The Bertz CT molecular complexity index is 772. The van der Waals surface area contributed by atoms with E-state index in [0.717, 1.165) is 23.0 Å². The van der Waals surface area contributed by atoms with Crippen LogP contribution >= 0.6 is 11.3 Å². The minimum atomic E-state index is -0.128. The smallest absolute Gasteiger partial charge is 0.350 e.